The van der Waals surface area contributed by atoms with Gasteiger partial charge in [0.1, 0.15) is 16.6 Å². The summed E-state index contributed by atoms with van der Waals surface area (Å²) in [5, 5.41) is 4.46. The van der Waals surface area contributed by atoms with Gasteiger partial charge in [-0.15, -0.1) is 11.3 Å². The Hall–Kier alpha value is -2.49. The molecule has 0 saturated heterocycles. The van der Waals surface area contributed by atoms with E-state index in [1.807, 2.05) is 45.0 Å². The van der Waals surface area contributed by atoms with E-state index in [0.29, 0.717) is 17.2 Å². The van der Waals surface area contributed by atoms with Crippen LogP contribution in [0, 0.1) is 6.92 Å². The van der Waals surface area contributed by atoms with Gasteiger partial charge in [0.25, 0.3) is 0 Å². The van der Waals surface area contributed by atoms with E-state index in [2.05, 4.69) is 15.3 Å². The number of ketones is 1. The van der Waals surface area contributed by atoms with E-state index in [1.54, 1.807) is 13.2 Å². The Bertz CT molecular complexity index is 1110. The molecular weight excluding hydrogens is 432 g/mol. The first-order chi connectivity index (χ1) is 14.6. The minimum atomic E-state index is -0.550. The predicted octanol–water partition coefficient (Wildman–Crippen LogP) is 3.73. The molecule has 3 rings (SSSR count). The van der Waals surface area contributed by atoms with Crippen LogP contribution >= 0.6 is 23.1 Å². The number of hydrogen-bond donors (Lipinski definition) is 2. The van der Waals surface area contributed by atoms with Crippen molar-refractivity contribution in [2.75, 3.05) is 12.9 Å². The van der Waals surface area contributed by atoms with Gasteiger partial charge in [0.2, 0.25) is 5.91 Å². The Kier molecular flexibility index (Phi) is 7.30. The first-order valence-electron chi connectivity index (χ1n) is 9.77. The zero-order valence-corrected chi connectivity index (χ0v) is 19.7. The average molecular weight is 459 g/mol. The zero-order chi connectivity index (χ0) is 22.6. The van der Waals surface area contributed by atoms with Crippen LogP contribution in [0.15, 0.2) is 35.4 Å². The summed E-state index contributed by atoms with van der Waals surface area (Å²) >= 11 is 2.77. The van der Waals surface area contributed by atoms with E-state index in [0.717, 1.165) is 26.6 Å². The molecule has 0 unspecified atom stereocenters. The SMILES string of the molecule is COc1ccc2nc(C)nc(SCC(=O)c3ccc(CNC(=O)CC(C)(C)N)s3)c2c1. The van der Waals surface area contributed by atoms with E-state index in [9.17, 15) is 9.59 Å². The minimum Gasteiger partial charge on any atom is -0.497 e. The van der Waals surface area contributed by atoms with Crippen LogP contribution in [0.25, 0.3) is 10.9 Å². The van der Waals surface area contributed by atoms with Crippen molar-refractivity contribution in [3.8, 4) is 5.75 Å². The van der Waals surface area contributed by atoms with Crippen LogP contribution in [0.1, 0.15) is 40.6 Å². The van der Waals surface area contributed by atoms with Gasteiger partial charge in [0.05, 0.1) is 29.8 Å². The van der Waals surface area contributed by atoms with E-state index < -0.39 is 5.54 Å². The maximum atomic E-state index is 12.7. The largest absolute Gasteiger partial charge is 0.497 e. The number of aromatic nitrogens is 2. The number of thiophene rings is 1. The second-order valence-electron chi connectivity index (χ2n) is 7.88. The van der Waals surface area contributed by atoms with Crippen LogP contribution in [0.2, 0.25) is 0 Å². The molecule has 0 spiro atoms. The molecular formula is C22H26N4O3S2. The minimum absolute atomic E-state index is 0.0166. The molecule has 1 aromatic carbocycles. The molecule has 31 heavy (non-hydrogen) atoms. The summed E-state index contributed by atoms with van der Waals surface area (Å²) in [6.45, 7) is 5.84. The highest BCUT2D eigenvalue weighted by molar-refractivity contribution is 8.00. The molecule has 0 fully saturated rings. The van der Waals surface area contributed by atoms with Crippen molar-refractivity contribution in [3.63, 3.8) is 0 Å². The van der Waals surface area contributed by atoms with Crippen molar-refractivity contribution in [1.82, 2.24) is 15.3 Å². The van der Waals surface area contributed by atoms with Crippen molar-refractivity contribution in [2.24, 2.45) is 5.73 Å². The molecule has 0 aliphatic carbocycles. The van der Waals surface area contributed by atoms with E-state index in [-0.39, 0.29) is 23.9 Å². The summed E-state index contributed by atoms with van der Waals surface area (Å²) in [7, 11) is 1.61. The third-order valence-electron chi connectivity index (χ3n) is 4.33. The molecule has 2 aromatic heterocycles. The van der Waals surface area contributed by atoms with Gasteiger partial charge in [-0.3, -0.25) is 9.59 Å². The van der Waals surface area contributed by atoms with Crippen molar-refractivity contribution in [1.29, 1.82) is 0 Å². The number of nitrogens with one attached hydrogen (secondary N) is 1. The third-order valence-corrected chi connectivity index (χ3v) is 6.45. The van der Waals surface area contributed by atoms with Gasteiger partial charge in [-0.05, 0) is 51.1 Å². The number of carbonyl (C=O) groups is 2. The fourth-order valence-electron chi connectivity index (χ4n) is 2.92. The van der Waals surface area contributed by atoms with Crippen molar-refractivity contribution in [3.05, 3.63) is 45.9 Å². The second-order valence-corrected chi connectivity index (χ2v) is 10.0. The average Bonchev–Trinajstić information content (AvgIpc) is 3.18. The molecule has 2 heterocycles. The number of fused-ring (bicyclic) bond motifs is 1. The highest BCUT2D eigenvalue weighted by Crippen LogP contribution is 2.29. The molecule has 0 radical (unpaired) electrons. The smallest absolute Gasteiger partial charge is 0.222 e. The lowest BCUT2D eigenvalue weighted by molar-refractivity contribution is -0.122. The number of rotatable bonds is 9. The second kappa shape index (κ2) is 9.76. The standard InChI is InChI=1S/C22H26N4O3S2/c1-13-25-17-7-5-14(29-4)9-16(17)21(26-13)30-12-18(27)19-8-6-15(31-19)11-24-20(28)10-22(2,3)23/h5-9H,10-12,23H2,1-4H3,(H,24,28). The molecule has 3 N–H and O–H groups in total. The van der Waals surface area contributed by atoms with Gasteiger partial charge < -0.3 is 15.8 Å². The van der Waals surface area contributed by atoms with Gasteiger partial charge in [-0.25, -0.2) is 9.97 Å². The van der Waals surface area contributed by atoms with Crippen molar-refractivity contribution in [2.45, 2.75) is 44.3 Å². The number of nitrogens with two attached hydrogens (primary N) is 1. The topological polar surface area (TPSA) is 107 Å². The zero-order valence-electron chi connectivity index (χ0n) is 18.0. The number of amides is 1. The normalized spacial score (nSPS) is 11.5. The Balaban J connectivity index is 1.63. The summed E-state index contributed by atoms with van der Waals surface area (Å²) in [6, 6.07) is 9.30. The molecule has 0 aliphatic heterocycles. The molecule has 1 amide bonds. The van der Waals surface area contributed by atoms with Crippen LogP contribution < -0.4 is 15.8 Å². The number of aryl methyl sites for hydroxylation is 1. The number of hydrogen-bond acceptors (Lipinski definition) is 8. The van der Waals surface area contributed by atoms with Crippen LogP contribution in [0.4, 0.5) is 0 Å². The molecule has 164 valence electrons. The Morgan fingerprint density at radius 2 is 2.00 bits per heavy atom. The lowest BCUT2D eigenvalue weighted by atomic mass is 10.0. The summed E-state index contributed by atoms with van der Waals surface area (Å²) in [5.74, 6) is 1.54. The number of Topliss-reactive ketones (excluding diaryl/α,β-unsaturated/α-hetero) is 1. The quantitative estimate of drug-likeness (QED) is 0.286. The van der Waals surface area contributed by atoms with Gasteiger partial charge in [-0.1, -0.05) is 11.8 Å². The molecule has 0 bridgehead atoms. The van der Waals surface area contributed by atoms with Crippen LogP contribution in [-0.2, 0) is 11.3 Å². The predicted molar refractivity (Wildman–Crippen MR) is 125 cm³/mol. The highest BCUT2D eigenvalue weighted by Gasteiger charge is 2.17. The third kappa shape index (κ3) is 6.49. The monoisotopic (exact) mass is 458 g/mol. The van der Waals surface area contributed by atoms with Gasteiger partial charge in [-0.2, -0.15) is 0 Å². The summed E-state index contributed by atoms with van der Waals surface area (Å²) in [6.07, 6.45) is 0.248. The maximum absolute atomic E-state index is 12.7. The highest BCUT2D eigenvalue weighted by atomic mass is 32.2. The first kappa shape index (κ1) is 23.2. The van der Waals surface area contributed by atoms with Gasteiger partial charge in [0, 0.05) is 22.2 Å². The molecule has 0 saturated carbocycles. The summed E-state index contributed by atoms with van der Waals surface area (Å²) in [4.78, 5) is 35.2. The number of methoxy groups -OCH3 is 1. The number of benzene rings is 1. The number of nitrogens with zero attached hydrogens (tertiary/aromatic N) is 2. The molecule has 9 heteroatoms. The lowest BCUT2D eigenvalue weighted by Gasteiger charge is -2.17. The van der Waals surface area contributed by atoms with E-state index >= 15 is 0 Å². The fourth-order valence-corrected chi connectivity index (χ4v) is 4.83. The molecule has 0 atom stereocenters. The number of ether oxygens (including phenoxy) is 1. The van der Waals surface area contributed by atoms with Crippen molar-refractivity contribution >= 4 is 45.7 Å². The first-order valence-corrected chi connectivity index (χ1v) is 11.6. The number of carbonyl (C=O) groups excluding carboxylic acids is 2. The Morgan fingerprint density at radius 1 is 1.23 bits per heavy atom. The Morgan fingerprint density at radius 3 is 2.71 bits per heavy atom. The van der Waals surface area contributed by atoms with Crippen LogP contribution in [-0.4, -0.2) is 40.1 Å². The van der Waals surface area contributed by atoms with Crippen LogP contribution in [0.5, 0.6) is 5.75 Å². The van der Waals surface area contributed by atoms with E-state index in [4.69, 9.17) is 10.5 Å². The molecule has 3 aromatic rings. The van der Waals surface area contributed by atoms with Gasteiger partial charge >= 0.3 is 0 Å². The lowest BCUT2D eigenvalue weighted by Crippen LogP contribution is -2.38. The van der Waals surface area contributed by atoms with Gasteiger partial charge in [0.15, 0.2) is 5.78 Å². The van der Waals surface area contributed by atoms with Crippen LogP contribution in [0.3, 0.4) is 0 Å². The van der Waals surface area contributed by atoms with E-state index in [1.165, 1.54) is 23.1 Å². The van der Waals surface area contributed by atoms with Crippen molar-refractivity contribution < 1.29 is 14.3 Å². The molecule has 0 aliphatic rings. The maximum Gasteiger partial charge on any atom is 0.222 e. The molecule has 7 nitrogen and oxygen atoms in total. The summed E-state index contributed by atoms with van der Waals surface area (Å²) < 4.78 is 5.30. The fraction of sp³-hybridized carbons (Fsp3) is 0.364. The number of thioether (sulfide) groups is 1. The summed E-state index contributed by atoms with van der Waals surface area (Å²) in [5.41, 5.74) is 6.14. The Labute approximate surface area is 189 Å².